The van der Waals surface area contributed by atoms with E-state index in [0.717, 1.165) is 20.6 Å². The van der Waals surface area contributed by atoms with Crippen LogP contribution < -0.4 is 9.47 Å². The number of benzene rings is 2. The summed E-state index contributed by atoms with van der Waals surface area (Å²) in [6.45, 7) is 2.53. The molecule has 1 N–H and O–H groups in total. The lowest BCUT2D eigenvalue weighted by Gasteiger charge is -2.12. The molecule has 0 aliphatic rings. The van der Waals surface area contributed by atoms with Crippen LogP contribution in [0.3, 0.4) is 0 Å². The van der Waals surface area contributed by atoms with Crippen molar-refractivity contribution in [3.05, 3.63) is 45.5 Å². The fourth-order valence-corrected chi connectivity index (χ4v) is 2.57. The summed E-state index contributed by atoms with van der Waals surface area (Å²) >= 11 is 2.22. The highest BCUT2D eigenvalue weighted by atomic mass is 127. The minimum Gasteiger partial charge on any atom is -0.508 e. The zero-order valence-electron chi connectivity index (χ0n) is 11.8. The summed E-state index contributed by atoms with van der Waals surface area (Å²) in [7, 11) is 1.62. The Morgan fingerprint density at radius 2 is 1.95 bits per heavy atom. The predicted molar refractivity (Wildman–Crippen MR) is 92.2 cm³/mol. The average molecular weight is 397 g/mol. The molecule has 4 nitrogen and oxygen atoms in total. The lowest BCUT2D eigenvalue weighted by molar-refractivity contribution is 0.308. The number of phenols is 1. The van der Waals surface area contributed by atoms with Gasteiger partial charge in [0.05, 0.1) is 23.0 Å². The minimum atomic E-state index is 0.228. The smallest absolute Gasteiger partial charge is 0.174 e. The molecule has 5 heteroatoms. The lowest BCUT2D eigenvalue weighted by atomic mass is 10.2. The van der Waals surface area contributed by atoms with E-state index in [1.807, 2.05) is 19.1 Å². The van der Waals surface area contributed by atoms with Gasteiger partial charge < -0.3 is 14.6 Å². The fourth-order valence-electron chi connectivity index (χ4n) is 1.79. The second-order valence-electron chi connectivity index (χ2n) is 4.24. The van der Waals surface area contributed by atoms with E-state index in [0.29, 0.717) is 12.4 Å². The molecule has 0 bridgehead atoms. The average Bonchev–Trinajstić information content (AvgIpc) is 2.49. The fraction of sp³-hybridized carbons (Fsp3) is 0.188. The van der Waals surface area contributed by atoms with E-state index in [1.165, 1.54) is 0 Å². The Morgan fingerprint density at radius 1 is 1.24 bits per heavy atom. The van der Waals surface area contributed by atoms with Crippen molar-refractivity contribution in [3.63, 3.8) is 0 Å². The van der Waals surface area contributed by atoms with Gasteiger partial charge in [0, 0.05) is 6.21 Å². The van der Waals surface area contributed by atoms with Gasteiger partial charge in [-0.2, -0.15) is 0 Å². The molecule has 2 aromatic rings. The van der Waals surface area contributed by atoms with Gasteiger partial charge in [-0.3, -0.25) is 4.99 Å². The molecule has 0 spiro atoms. The molecule has 0 saturated heterocycles. The van der Waals surface area contributed by atoms with Gasteiger partial charge in [-0.25, -0.2) is 0 Å². The van der Waals surface area contributed by atoms with Crippen molar-refractivity contribution in [2.24, 2.45) is 4.99 Å². The summed E-state index contributed by atoms with van der Waals surface area (Å²) in [5.74, 6) is 1.67. The summed E-state index contributed by atoms with van der Waals surface area (Å²) in [6.07, 6.45) is 1.76. The first-order valence-corrected chi connectivity index (χ1v) is 7.55. The molecule has 0 atom stereocenters. The quantitative estimate of drug-likeness (QED) is 0.609. The first kappa shape index (κ1) is 15.6. The number of aliphatic imine (C=N–C) groups is 1. The molecule has 110 valence electrons. The molecule has 0 amide bonds. The van der Waals surface area contributed by atoms with Gasteiger partial charge in [0.2, 0.25) is 0 Å². The van der Waals surface area contributed by atoms with Crippen LogP contribution in [0.2, 0.25) is 0 Å². The third kappa shape index (κ3) is 4.10. The second-order valence-corrected chi connectivity index (χ2v) is 5.40. The van der Waals surface area contributed by atoms with E-state index < -0.39 is 0 Å². The lowest BCUT2D eigenvalue weighted by Crippen LogP contribution is -1.99. The number of phenolic OH excluding ortho intramolecular Hbond substituents is 1. The molecule has 0 fully saturated rings. The van der Waals surface area contributed by atoms with Gasteiger partial charge in [0.15, 0.2) is 11.5 Å². The van der Waals surface area contributed by atoms with Crippen molar-refractivity contribution in [3.8, 4) is 17.2 Å². The SMILES string of the molecule is CCOc1c(I)cc(C=Nc2ccc(O)cc2)cc1OC. The van der Waals surface area contributed by atoms with Crippen LogP contribution in [-0.2, 0) is 0 Å². The van der Waals surface area contributed by atoms with E-state index in [-0.39, 0.29) is 5.75 Å². The molecule has 0 radical (unpaired) electrons. The summed E-state index contributed by atoms with van der Waals surface area (Å²) in [5.41, 5.74) is 1.70. The summed E-state index contributed by atoms with van der Waals surface area (Å²) in [4.78, 5) is 4.37. The summed E-state index contributed by atoms with van der Waals surface area (Å²) < 4.78 is 11.9. The van der Waals surface area contributed by atoms with Crippen molar-refractivity contribution in [2.75, 3.05) is 13.7 Å². The maximum atomic E-state index is 9.24. The highest BCUT2D eigenvalue weighted by Gasteiger charge is 2.10. The van der Waals surface area contributed by atoms with Crippen molar-refractivity contribution in [1.82, 2.24) is 0 Å². The molecule has 0 aliphatic carbocycles. The highest BCUT2D eigenvalue weighted by Crippen LogP contribution is 2.33. The zero-order chi connectivity index (χ0) is 15.2. The molecule has 2 rings (SSSR count). The Labute approximate surface area is 137 Å². The van der Waals surface area contributed by atoms with Gasteiger partial charge in [0.25, 0.3) is 0 Å². The predicted octanol–water partition coefficient (Wildman–Crippen LogP) is 4.15. The van der Waals surface area contributed by atoms with Crippen LogP contribution in [0.5, 0.6) is 17.2 Å². The molecular formula is C16H16INO3. The van der Waals surface area contributed by atoms with Gasteiger partial charge in [-0.15, -0.1) is 0 Å². The molecule has 0 heterocycles. The number of hydrogen-bond acceptors (Lipinski definition) is 4. The van der Waals surface area contributed by atoms with E-state index in [4.69, 9.17) is 9.47 Å². The number of hydrogen-bond donors (Lipinski definition) is 1. The molecular weight excluding hydrogens is 381 g/mol. The molecule has 21 heavy (non-hydrogen) atoms. The molecule has 0 saturated carbocycles. The van der Waals surface area contributed by atoms with E-state index in [2.05, 4.69) is 27.6 Å². The number of methoxy groups -OCH3 is 1. The minimum absolute atomic E-state index is 0.228. The number of rotatable bonds is 5. The first-order chi connectivity index (χ1) is 10.1. The maximum absolute atomic E-state index is 9.24. The monoisotopic (exact) mass is 397 g/mol. The second kappa shape index (κ2) is 7.31. The van der Waals surface area contributed by atoms with Crippen molar-refractivity contribution in [2.45, 2.75) is 6.92 Å². The largest absolute Gasteiger partial charge is 0.508 e. The Balaban J connectivity index is 2.28. The topological polar surface area (TPSA) is 51.0 Å². The van der Waals surface area contributed by atoms with Gasteiger partial charge in [-0.05, 0) is 71.5 Å². The summed E-state index contributed by atoms with van der Waals surface area (Å²) in [6, 6.07) is 10.6. The Bertz CT molecular complexity index is 639. The first-order valence-electron chi connectivity index (χ1n) is 6.47. The van der Waals surface area contributed by atoms with Gasteiger partial charge in [0.1, 0.15) is 5.75 Å². The van der Waals surface area contributed by atoms with Gasteiger partial charge in [-0.1, -0.05) is 0 Å². The summed E-state index contributed by atoms with van der Waals surface area (Å²) in [5, 5.41) is 9.24. The molecule has 0 aromatic heterocycles. The molecule has 0 aliphatic heterocycles. The third-order valence-electron chi connectivity index (χ3n) is 2.75. The van der Waals surface area contributed by atoms with Crippen LogP contribution in [0.25, 0.3) is 0 Å². The molecule has 0 unspecified atom stereocenters. The normalized spacial score (nSPS) is 10.8. The number of halogens is 1. The Hall–Kier alpha value is -1.76. The van der Waals surface area contributed by atoms with Crippen LogP contribution >= 0.6 is 22.6 Å². The van der Waals surface area contributed by atoms with Gasteiger partial charge >= 0.3 is 0 Å². The maximum Gasteiger partial charge on any atom is 0.174 e. The Morgan fingerprint density at radius 3 is 2.57 bits per heavy atom. The molecule has 2 aromatic carbocycles. The van der Waals surface area contributed by atoms with Crippen molar-refractivity contribution >= 4 is 34.5 Å². The number of nitrogens with zero attached hydrogens (tertiary/aromatic N) is 1. The van der Waals surface area contributed by atoms with Crippen LogP contribution in [0.1, 0.15) is 12.5 Å². The standard InChI is InChI=1S/C16H16INO3/c1-3-21-16-14(17)8-11(9-15(16)20-2)10-18-12-4-6-13(19)7-5-12/h4-10,19H,3H2,1-2H3. The third-order valence-corrected chi connectivity index (χ3v) is 3.55. The number of aromatic hydroxyl groups is 1. The Kier molecular flexibility index (Phi) is 5.44. The van der Waals surface area contributed by atoms with Crippen molar-refractivity contribution < 1.29 is 14.6 Å². The van der Waals surface area contributed by atoms with Crippen LogP contribution in [-0.4, -0.2) is 25.0 Å². The zero-order valence-corrected chi connectivity index (χ0v) is 14.0. The van der Waals surface area contributed by atoms with Crippen LogP contribution in [0, 0.1) is 3.57 Å². The van der Waals surface area contributed by atoms with Crippen LogP contribution in [0.4, 0.5) is 5.69 Å². The van der Waals surface area contributed by atoms with E-state index >= 15 is 0 Å². The van der Waals surface area contributed by atoms with E-state index in [9.17, 15) is 5.11 Å². The van der Waals surface area contributed by atoms with E-state index in [1.54, 1.807) is 37.6 Å². The number of ether oxygens (including phenoxy) is 2. The van der Waals surface area contributed by atoms with Crippen LogP contribution in [0.15, 0.2) is 41.4 Å². The highest BCUT2D eigenvalue weighted by molar-refractivity contribution is 14.1. The van der Waals surface area contributed by atoms with Crippen molar-refractivity contribution in [1.29, 1.82) is 0 Å².